The van der Waals surface area contributed by atoms with Gasteiger partial charge in [0.05, 0.1) is 26.4 Å². The Hall–Kier alpha value is -1.94. The van der Waals surface area contributed by atoms with Gasteiger partial charge in [0, 0.05) is 25.7 Å². The molecule has 0 heterocycles. The lowest BCUT2D eigenvalue weighted by Gasteiger charge is -2.21. The summed E-state index contributed by atoms with van der Waals surface area (Å²) >= 11 is 0. The molecular weight excluding hydrogens is 1210 g/mol. The zero-order valence-electron chi connectivity index (χ0n) is 59.9. The van der Waals surface area contributed by atoms with Gasteiger partial charge in [0.2, 0.25) is 0 Å². The van der Waals surface area contributed by atoms with Crippen LogP contribution in [0.15, 0.2) is 0 Å². The van der Waals surface area contributed by atoms with Crippen LogP contribution in [0.5, 0.6) is 0 Å². The summed E-state index contributed by atoms with van der Waals surface area (Å²) in [6.07, 6.45) is 51.7. The van der Waals surface area contributed by atoms with Crippen molar-refractivity contribution in [2.45, 2.75) is 394 Å². The van der Waals surface area contributed by atoms with Crippen molar-refractivity contribution in [2.75, 3.05) is 39.6 Å². The summed E-state index contributed by atoms with van der Waals surface area (Å²) in [7, 11) is -9.90. The Labute approximate surface area is 562 Å². The second-order valence-electron chi connectivity index (χ2n) is 27.1. The number of aliphatic hydroxyl groups excluding tert-OH is 1. The van der Waals surface area contributed by atoms with E-state index in [9.17, 15) is 43.2 Å². The molecule has 0 aliphatic rings. The van der Waals surface area contributed by atoms with Crippen molar-refractivity contribution < 1.29 is 80.2 Å². The molecule has 0 aliphatic heterocycles. The van der Waals surface area contributed by atoms with Crippen LogP contribution in [-0.4, -0.2) is 96.7 Å². The van der Waals surface area contributed by atoms with Gasteiger partial charge in [-0.15, -0.1) is 0 Å². The summed E-state index contributed by atoms with van der Waals surface area (Å²) in [6, 6.07) is 0. The highest BCUT2D eigenvalue weighted by molar-refractivity contribution is 7.47. The molecule has 0 saturated carbocycles. The number of hydrogen-bond acceptors (Lipinski definition) is 15. The molecule has 0 bridgehead atoms. The third-order valence-corrected chi connectivity index (χ3v) is 19.2. The predicted molar refractivity (Wildman–Crippen MR) is 372 cm³/mol. The van der Waals surface area contributed by atoms with Gasteiger partial charge in [0.15, 0.2) is 12.2 Å². The van der Waals surface area contributed by atoms with E-state index in [1.165, 1.54) is 180 Å². The smallest absolute Gasteiger partial charge is 0.462 e. The first-order valence-electron chi connectivity index (χ1n) is 38.0. The number of rotatable bonds is 72. The van der Waals surface area contributed by atoms with Crippen molar-refractivity contribution in [3.8, 4) is 0 Å². The van der Waals surface area contributed by atoms with Gasteiger partial charge in [0.1, 0.15) is 19.3 Å². The van der Waals surface area contributed by atoms with Gasteiger partial charge in [-0.1, -0.05) is 324 Å². The van der Waals surface area contributed by atoms with Gasteiger partial charge in [-0.05, 0) is 37.5 Å². The van der Waals surface area contributed by atoms with E-state index in [1.807, 2.05) is 0 Å². The normalized spacial score (nSPS) is 14.4. The molecule has 3 N–H and O–H groups in total. The highest BCUT2D eigenvalue weighted by atomic mass is 31.2. The van der Waals surface area contributed by atoms with E-state index in [0.29, 0.717) is 25.7 Å². The molecule has 0 saturated heterocycles. The quantitative estimate of drug-likeness (QED) is 0.0222. The number of phosphoric acid groups is 2. The Morgan fingerprint density at radius 3 is 0.826 bits per heavy atom. The summed E-state index contributed by atoms with van der Waals surface area (Å²) in [5, 5.41) is 10.6. The van der Waals surface area contributed by atoms with E-state index in [0.717, 1.165) is 115 Å². The van der Waals surface area contributed by atoms with Crippen molar-refractivity contribution >= 4 is 39.5 Å². The average molecular weight is 1350 g/mol. The van der Waals surface area contributed by atoms with Gasteiger partial charge in [-0.3, -0.25) is 37.3 Å². The Morgan fingerprint density at radius 1 is 0.315 bits per heavy atom. The van der Waals surface area contributed by atoms with Crippen molar-refractivity contribution in [1.29, 1.82) is 0 Å². The number of hydrogen-bond donors (Lipinski definition) is 3. The van der Waals surface area contributed by atoms with Gasteiger partial charge in [-0.2, -0.15) is 0 Å². The minimum absolute atomic E-state index is 0.104. The van der Waals surface area contributed by atoms with Crippen molar-refractivity contribution in [2.24, 2.45) is 11.8 Å². The Bertz CT molecular complexity index is 1790. The first-order valence-corrected chi connectivity index (χ1v) is 41.0. The molecule has 0 fully saturated rings. The summed E-state index contributed by atoms with van der Waals surface area (Å²) in [6.45, 7) is 9.48. The summed E-state index contributed by atoms with van der Waals surface area (Å²) in [5.41, 5.74) is 0. The second kappa shape index (κ2) is 65.0. The van der Waals surface area contributed by atoms with Crippen LogP contribution in [0.4, 0.5) is 0 Å². The number of esters is 4. The van der Waals surface area contributed by atoms with Crippen LogP contribution >= 0.6 is 15.6 Å². The predicted octanol–water partition coefficient (Wildman–Crippen LogP) is 21.2. The molecule has 546 valence electrons. The topological polar surface area (TPSA) is 237 Å². The lowest BCUT2D eigenvalue weighted by atomic mass is 9.99. The van der Waals surface area contributed by atoms with Crippen LogP contribution in [0.3, 0.4) is 0 Å². The van der Waals surface area contributed by atoms with Crippen molar-refractivity contribution in [3.63, 3.8) is 0 Å². The standard InChI is InChI=1S/C73H142O17P2/c1-7-10-12-14-16-17-18-19-20-21-22-23-24-25-26-27-28-29-30-39-45-51-57-72(77)89-69(62-84-71(76)56-50-44-38-34-32-37-42-48-54-66(6)9-3)64-88-92(81,82)86-60-67(74)59-85-91(79,80)87-63-68(61-83-70(75)55-49-43-35-15-13-11-8-2)90-73(78)58-52-46-40-33-31-36-41-47-53-65(4)5/h65-69,74H,7-64H2,1-6H3,(H,79,80)(H,81,82)/t66?,67-,68+,69+/m0/s1. The second-order valence-corrected chi connectivity index (χ2v) is 30.0. The van der Waals surface area contributed by atoms with Crippen LogP contribution in [0, 0.1) is 11.8 Å². The average Bonchev–Trinajstić information content (AvgIpc) is 3.56. The fourth-order valence-electron chi connectivity index (χ4n) is 11.1. The molecule has 0 aliphatic carbocycles. The minimum Gasteiger partial charge on any atom is -0.462 e. The van der Waals surface area contributed by atoms with E-state index in [-0.39, 0.29) is 25.7 Å². The molecule has 0 aromatic heterocycles. The largest absolute Gasteiger partial charge is 0.472 e. The third-order valence-electron chi connectivity index (χ3n) is 17.3. The molecule has 92 heavy (non-hydrogen) atoms. The van der Waals surface area contributed by atoms with Crippen LogP contribution in [0.1, 0.15) is 375 Å². The van der Waals surface area contributed by atoms with Gasteiger partial charge in [0.25, 0.3) is 0 Å². The zero-order chi connectivity index (χ0) is 67.9. The van der Waals surface area contributed by atoms with E-state index in [1.54, 1.807) is 0 Å². The first-order chi connectivity index (χ1) is 44.4. The molecule has 6 atom stereocenters. The van der Waals surface area contributed by atoms with Gasteiger partial charge < -0.3 is 33.8 Å². The van der Waals surface area contributed by atoms with E-state index >= 15 is 0 Å². The number of phosphoric ester groups is 2. The first kappa shape index (κ1) is 90.1. The molecule has 0 aromatic rings. The molecule has 0 rings (SSSR count). The maximum atomic E-state index is 13.0. The highest BCUT2D eigenvalue weighted by Crippen LogP contribution is 2.45. The molecular formula is C73H142O17P2. The van der Waals surface area contributed by atoms with E-state index in [4.69, 9.17) is 37.0 Å². The minimum atomic E-state index is -4.95. The van der Waals surface area contributed by atoms with Gasteiger partial charge in [-0.25, -0.2) is 9.13 Å². The fourth-order valence-corrected chi connectivity index (χ4v) is 12.7. The number of carbonyl (C=O) groups excluding carboxylic acids is 4. The highest BCUT2D eigenvalue weighted by Gasteiger charge is 2.30. The molecule has 0 amide bonds. The molecule has 3 unspecified atom stereocenters. The number of unbranched alkanes of at least 4 members (excludes halogenated alkanes) is 41. The fraction of sp³-hybridized carbons (Fsp3) is 0.945. The Kier molecular flexibility index (Phi) is 63.7. The number of aliphatic hydroxyl groups is 1. The van der Waals surface area contributed by atoms with Crippen molar-refractivity contribution in [3.05, 3.63) is 0 Å². The van der Waals surface area contributed by atoms with Crippen LogP contribution in [-0.2, 0) is 65.4 Å². The third kappa shape index (κ3) is 65.4. The molecule has 17 nitrogen and oxygen atoms in total. The SMILES string of the molecule is CCCCCCCCCCCCCCCCCCCCCCCCC(=O)O[C@H](COC(=O)CCCCCCCCCCC(C)CC)COP(=O)(O)OC[C@@H](O)COP(=O)(O)OC[C@@H](COC(=O)CCCCCCCCC)OC(=O)CCCCCCCCCCC(C)C. The number of carbonyl (C=O) groups is 4. The van der Waals surface area contributed by atoms with E-state index in [2.05, 4.69) is 41.5 Å². The monoisotopic (exact) mass is 1350 g/mol. The van der Waals surface area contributed by atoms with Crippen molar-refractivity contribution in [1.82, 2.24) is 0 Å². The summed E-state index contributed by atoms with van der Waals surface area (Å²) < 4.78 is 68.2. The zero-order valence-corrected chi connectivity index (χ0v) is 61.6. The summed E-state index contributed by atoms with van der Waals surface area (Å²) in [4.78, 5) is 72.5. The molecule has 19 heteroatoms. The Morgan fingerprint density at radius 2 is 0.554 bits per heavy atom. The van der Waals surface area contributed by atoms with Gasteiger partial charge >= 0.3 is 39.5 Å². The maximum Gasteiger partial charge on any atom is 0.472 e. The molecule has 0 spiro atoms. The lowest BCUT2D eigenvalue weighted by molar-refractivity contribution is -0.161. The van der Waals surface area contributed by atoms with Crippen LogP contribution < -0.4 is 0 Å². The lowest BCUT2D eigenvalue weighted by Crippen LogP contribution is -2.30. The maximum absolute atomic E-state index is 13.0. The van der Waals surface area contributed by atoms with Crippen LogP contribution in [0.25, 0.3) is 0 Å². The summed E-state index contributed by atoms with van der Waals surface area (Å²) in [5.74, 6) is -0.633. The number of ether oxygens (including phenoxy) is 4. The van der Waals surface area contributed by atoms with E-state index < -0.39 is 97.5 Å². The molecule has 0 radical (unpaired) electrons. The molecule has 0 aromatic carbocycles. The van der Waals surface area contributed by atoms with Crippen LogP contribution in [0.2, 0.25) is 0 Å². The Balaban J connectivity index is 5.13.